The lowest BCUT2D eigenvalue weighted by atomic mass is 9.54. The number of benzene rings is 4. The highest BCUT2D eigenvalue weighted by molar-refractivity contribution is 6.29. The van der Waals surface area contributed by atoms with Gasteiger partial charge in [0, 0.05) is 70.4 Å². The maximum absolute atomic E-state index is 16.0. The third-order valence-corrected chi connectivity index (χ3v) is 27.1. The van der Waals surface area contributed by atoms with E-state index in [0.717, 1.165) is 83.1 Å². The molecule has 8 heterocycles. The van der Waals surface area contributed by atoms with E-state index >= 15 is 14.7 Å². The molecule has 7 fully saturated rings. The van der Waals surface area contributed by atoms with E-state index in [1.807, 2.05) is 36.2 Å². The number of carbonyl (C=O) groups excluding carboxylic acids is 4. The number of ether oxygens (including phenoxy) is 5. The number of rotatable bonds is 10. The number of aliphatic hydroxyl groups is 6. The van der Waals surface area contributed by atoms with Crippen LogP contribution in [0.4, 0.5) is 5.69 Å². The summed E-state index contributed by atoms with van der Waals surface area (Å²) in [7, 11) is 1.95. The summed E-state index contributed by atoms with van der Waals surface area (Å²) >= 11 is 0. The predicted molar refractivity (Wildman–Crippen MR) is 387 cm³/mol. The van der Waals surface area contributed by atoms with Gasteiger partial charge in [-0.25, -0.2) is 0 Å². The topological polar surface area (TPSA) is 363 Å². The van der Waals surface area contributed by atoms with Gasteiger partial charge < -0.3 is 91.0 Å². The Kier molecular flexibility index (Phi) is 17.9. The van der Waals surface area contributed by atoms with E-state index in [2.05, 4.69) is 62.0 Å². The molecule has 3 saturated carbocycles. The molecule has 6 aliphatic carbocycles. The molecule has 4 aromatic carbocycles. The summed E-state index contributed by atoms with van der Waals surface area (Å²) in [5.41, 5.74) is 17.1. The highest BCUT2D eigenvalue weighted by Crippen LogP contribution is 2.64. The first-order chi connectivity index (χ1) is 51.4. The smallest absolute Gasteiger partial charge is 0.242 e. The number of para-hydroxylation sites is 1. The number of fused-ring (bicyclic) bond motifs is 15. The maximum atomic E-state index is 16.0. The molecular formula is C82H97N9O15. The first kappa shape index (κ1) is 70.3. The van der Waals surface area contributed by atoms with Crippen molar-refractivity contribution in [2.75, 3.05) is 45.0 Å². The zero-order chi connectivity index (χ0) is 72.9. The molecule has 0 aromatic heterocycles. The number of anilines is 1. The molecular weight excluding hydrogens is 1350 g/mol. The lowest BCUT2D eigenvalue weighted by molar-refractivity contribution is -0.337. The number of nitrogens with two attached hydrogens (primary N) is 2. The van der Waals surface area contributed by atoms with Crippen molar-refractivity contribution in [2.45, 2.75) is 225 Å². The summed E-state index contributed by atoms with van der Waals surface area (Å²) in [6, 6.07) is 17.5. The number of ketones is 2. The number of hydrogen-bond acceptors (Lipinski definition) is 23. The largest absolute Gasteiger partial charge is 0.486 e. The Bertz CT molecular complexity index is 4440. The molecule has 560 valence electrons. The summed E-state index contributed by atoms with van der Waals surface area (Å²) in [6.45, 7) is -0.510. The Morgan fingerprint density at radius 1 is 0.906 bits per heavy atom. The average Bonchev–Trinajstić information content (AvgIpc) is 1.50. The van der Waals surface area contributed by atoms with Crippen LogP contribution in [0.1, 0.15) is 179 Å². The van der Waals surface area contributed by atoms with Gasteiger partial charge in [0.05, 0.1) is 73.3 Å². The number of hydrogen-bond donors (Lipinski definition) is 14. The van der Waals surface area contributed by atoms with Crippen molar-refractivity contribution in [3.8, 4) is 23.3 Å². The van der Waals surface area contributed by atoms with Crippen molar-refractivity contribution in [1.82, 2.24) is 31.9 Å². The number of amides is 1. The molecule has 1 amide bonds. The van der Waals surface area contributed by atoms with Crippen LogP contribution in [0.2, 0.25) is 0 Å². The molecule has 4 aromatic rings. The third-order valence-electron chi connectivity index (χ3n) is 27.1. The van der Waals surface area contributed by atoms with Crippen LogP contribution in [-0.2, 0) is 55.2 Å². The van der Waals surface area contributed by atoms with Gasteiger partial charge in [-0.15, -0.1) is 0 Å². The molecule has 16 N–H and O–H groups in total. The van der Waals surface area contributed by atoms with E-state index in [-0.39, 0.29) is 103 Å². The second-order valence-electron chi connectivity index (χ2n) is 32.7. The minimum absolute atomic E-state index is 0.0387. The van der Waals surface area contributed by atoms with E-state index in [0.29, 0.717) is 99.3 Å². The molecule has 9 bridgehead atoms. The van der Waals surface area contributed by atoms with E-state index < -0.39 is 126 Å². The van der Waals surface area contributed by atoms with Gasteiger partial charge in [-0.05, 0) is 170 Å². The van der Waals surface area contributed by atoms with E-state index in [1.165, 1.54) is 12.1 Å². The summed E-state index contributed by atoms with van der Waals surface area (Å²) in [5, 5.41) is 101. The predicted octanol–water partition coefficient (Wildman–Crippen LogP) is 3.37. The van der Waals surface area contributed by atoms with Crippen LogP contribution in [0.25, 0.3) is 0 Å². The fraction of sp³-hybridized carbons (Fsp3) is 0.561. The molecule has 24 nitrogen and oxygen atoms in total. The number of aldehydes is 1. The fourth-order valence-electron chi connectivity index (χ4n) is 22.1. The first-order valence-corrected chi connectivity index (χ1v) is 38.7. The first-order valence-electron chi connectivity index (χ1n) is 38.7. The Morgan fingerprint density at radius 3 is 2.54 bits per heavy atom. The fourth-order valence-corrected chi connectivity index (χ4v) is 22.1. The monoisotopic (exact) mass is 1450 g/mol. The van der Waals surface area contributed by atoms with Crippen molar-refractivity contribution in [3.05, 3.63) is 156 Å². The number of aliphatic hydroxyl groups excluding tert-OH is 5. The van der Waals surface area contributed by atoms with Crippen molar-refractivity contribution >= 4 is 29.4 Å². The summed E-state index contributed by atoms with van der Waals surface area (Å²) < 4.78 is 38.1. The van der Waals surface area contributed by atoms with Crippen molar-refractivity contribution < 1.29 is 73.5 Å². The molecule has 18 rings (SSSR count). The van der Waals surface area contributed by atoms with E-state index in [1.54, 1.807) is 12.1 Å². The molecule has 0 radical (unpaired) electrons. The van der Waals surface area contributed by atoms with Gasteiger partial charge in [-0.3, -0.25) is 30.8 Å². The number of nitrogens with one attached hydrogen (secondary N) is 6. The summed E-state index contributed by atoms with van der Waals surface area (Å²) in [6.07, 6.45) is 0.121. The highest BCUT2D eigenvalue weighted by Gasteiger charge is 2.68. The Balaban J connectivity index is 0.932. The molecule has 18 atom stereocenters. The lowest BCUT2D eigenvalue weighted by Crippen LogP contribution is -2.73. The quantitative estimate of drug-likeness (QED) is 0.0541. The Morgan fingerprint density at radius 2 is 1.73 bits per heavy atom. The molecule has 24 heteroatoms. The average molecular weight is 1450 g/mol. The molecule has 8 aliphatic heterocycles. The Labute approximate surface area is 615 Å². The third kappa shape index (κ3) is 10.9. The number of dihydropyridines is 1. The van der Waals surface area contributed by atoms with Crippen LogP contribution in [-0.4, -0.2) is 179 Å². The van der Waals surface area contributed by atoms with Gasteiger partial charge in [-0.1, -0.05) is 86.4 Å². The maximum Gasteiger partial charge on any atom is 0.242 e. The minimum Gasteiger partial charge on any atom is -0.486 e. The van der Waals surface area contributed by atoms with Crippen LogP contribution in [0.15, 0.2) is 94.9 Å². The van der Waals surface area contributed by atoms with Crippen LogP contribution >= 0.6 is 0 Å². The molecule has 3 spiro atoms. The van der Waals surface area contributed by atoms with Gasteiger partial charge in [0.2, 0.25) is 12.2 Å². The molecule has 14 aliphatic rings. The van der Waals surface area contributed by atoms with Crippen molar-refractivity contribution in [2.24, 2.45) is 34.6 Å². The number of nitrogens with zero attached hydrogens (tertiary/aromatic N) is 1. The van der Waals surface area contributed by atoms with Gasteiger partial charge in [-0.2, -0.15) is 0 Å². The summed E-state index contributed by atoms with van der Waals surface area (Å²) in [5.74, 6) is 2.92. The zero-order valence-electron chi connectivity index (χ0n) is 59.8. The second kappa shape index (κ2) is 27.0. The second-order valence-corrected chi connectivity index (χ2v) is 32.7. The Hall–Kier alpha value is -7.42. The normalized spacial score (nSPS) is 35.3. The van der Waals surface area contributed by atoms with Crippen molar-refractivity contribution in [3.63, 3.8) is 0 Å². The van der Waals surface area contributed by atoms with Crippen LogP contribution in [0.3, 0.4) is 0 Å². The standard InChI is InChI=1S/C82H97N9O15/c1-85-35-46-30-42-29-44-19-26-82(101)71(98)70(103-39-81-55-20-27-86-72(83)63(55)64-49(17-14-43-9-8-11-58(43)88-64)57(81)34-51(46)56(32-42)79(76(81)100)22-4-5-23-79)75-105-68-54(33-53-62(69(68)102-38-47(94)21-28-92)67(97)52-31-41(36-93)13-16-48(52)66(53)96)61(45(15-18-60(44)95)37-104-80(77(82)106-75)24-6-7-25-80)50-10-2-3-12-59(50)91-40-87-65-73(91)89-78(84)90-74(65)99/h2-3,10,12-13,16,20,28,30-33,43-45,47,58,60-61,64-65,70-71,73,75-78,85-89,93-95,98,100-101H,4-9,11,14-15,17-18,21-25,27,29,34-40,83-84H2,1H3,(H,90,99). The van der Waals surface area contributed by atoms with Gasteiger partial charge >= 0.3 is 0 Å². The van der Waals surface area contributed by atoms with Gasteiger partial charge in [0.1, 0.15) is 55.5 Å². The van der Waals surface area contributed by atoms with Crippen molar-refractivity contribution in [1.29, 1.82) is 0 Å². The van der Waals surface area contributed by atoms with E-state index in [9.17, 15) is 35.1 Å². The van der Waals surface area contributed by atoms with Gasteiger partial charge in [0.15, 0.2) is 28.7 Å². The number of carbonyl (C=O) groups is 4. The van der Waals surface area contributed by atoms with E-state index in [4.69, 9.17) is 35.2 Å². The molecule has 18 unspecified atom stereocenters. The molecule has 106 heavy (non-hydrogen) atoms. The summed E-state index contributed by atoms with van der Waals surface area (Å²) in [4.78, 5) is 60.2. The van der Waals surface area contributed by atoms with Crippen LogP contribution in [0, 0.1) is 35.0 Å². The van der Waals surface area contributed by atoms with Gasteiger partial charge in [0.25, 0.3) is 0 Å². The zero-order valence-corrected chi connectivity index (χ0v) is 59.8. The highest BCUT2D eigenvalue weighted by atomic mass is 16.7. The molecule has 4 saturated heterocycles. The van der Waals surface area contributed by atoms with Crippen LogP contribution in [0.5, 0.6) is 11.5 Å². The van der Waals surface area contributed by atoms with Crippen LogP contribution < -0.4 is 57.7 Å². The SMILES string of the molecule is CNCc1cc2cc3c1CC1=C4CCC5CCCC5NC4C4=C(N)NCC=C4C1(COC1C4Oc5c(cc6c(c5OCC(O)CC=O)C(=O)c5cc(CO)ccc5C6=O)C(c5ccccc5N5CNC6C(=O)NC(N)NC65)C5CCC(O)C(C#CC(O)(C1O)C(O4)C1(CCCC1)OC5)C2)C(O)C31CCCC1. The lowest BCUT2D eigenvalue weighted by Gasteiger charge is -2.55. The minimum atomic E-state index is -2.58.